The molecule has 0 unspecified atom stereocenters. The molecule has 9 nitrogen and oxygen atoms in total. The Kier molecular flexibility index (Phi) is 9.99. The Morgan fingerprint density at radius 2 is 1.62 bits per heavy atom. The number of alkyl halides is 2. The van der Waals surface area contributed by atoms with Crippen LogP contribution >= 0.6 is 31.9 Å². The van der Waals surface area contributed by atoms with Gasteiger partial charge in [0.2, 0.25) is 0 Å². The quantitative estimate of drug-likeness (QED) is 0.233. The summed E-state index contributed by atoms with van der Waals surface area (Å²) in [5, 5.41) is 12.8. The molecule has 0 aliphatic rings. The van der Waals surface area contributed by atoms with E-state index in [1.54, 1.807) is 11.9 Å². The monoisotopic (exact) mass is 556 g/mol. The molecule has 0 N–H and O–H groups in total. The van der Waals surface area contributed by atoms with Crippen LogP contribution in [-0.2, 0) is 9.84 Å². The Labute approximate surface area is 188 Å². The van der Waals surface area contributed by atoms with Gasteiger partial charge in [-0.1, -0.05) is 31.9 Å². The molecular formula is C17H26Br2N4O5S. The summed E-state index contributed by atoms with van der Waals surface area (Å²) < 4.78 is 24.7. The molecule has 12 heteroatoms. The molecule has 0 fully saturated rings. The van der Waals surface area contributed by atoms with Crippen molar-refractivity contribution in [3.05, 3.63) is 27.8 Å². The van der Waals surface area contributed by atoms with E-state index in [9.17, 15) is 23.3 Å². The molecule has 0 heterocycles. The van der Waals surface area contributed by atoms with Gasteiger partial charge in [-0.15, -0.1) is 0 Å². The third-order valence-electron chi connectivity index (χ3n) is 4.18. The minimum absolute atomic E-state index is 0.132. The van der Waals surface area contributed by atoms with Crippen LogP contribution in [0.2, 0.25) is 0 Å². The lowest BCUT2D eigenvalue weighted by molar-refractivity contribution is -0.385. The molecule has 0 bridgehead atoms. The van der Waals surface area contributed by atoms with Crippen LogP contribution in [0, 0.1) is 10.1 Å². The van der Waals surface area contributed by atoms with Crippen molar-refractivity contribution in [1.82, 2.24) is 9.80 Å². The van der Waals surface area contributed by atoms with Gasteiger partial charge in [0.15, 0.2) is 9.84 Å². The summed E-state index contributed by atoms with van der Waals surface area (Å²) in [6, 6.07) is 2.32. The fourth-order valence-corrected chi connectivity index (χ4v) is 4.39. The van der Waals surface area contributed by atoms with E-state index in [0.717, 1.165) is 12.3 Å². The first-order valence-corrected chi connectivity index (χ1v) is 12.9. The summed E-state index contributed by atoms with van der Waals surface area (Å²) in [6.07, 6.45) is 1.00. The van der Waals surface area contributed by atoms with Gasteiger partial charge in [-0.05, 0) is 20.2 Å². The van der Waals surface area contributed by atoms with Gasteiger partial charge >= 0.3 is 0 Å². The van der Waals surface area contributed by atoms with Crippen LogP contribution in [0.15, 0.2) is 17.0 Å². The zero-order chi connectivity index (χ0) is 22.4. The Hall–Kier alpha value is -1.24. The van der Waals surface area contributed by atoms with Crippen molar-refractivity contribution in [3.63, 3.8) is 0 Å². The van der Waals surface area contributed by atoms with E-state index in [1.807, 2.05) is 19.0 Å². The standard InChI is InChI=1S/C17H26Br2N4O5S/c1-20(2)9-10-21(3)17(24)13-11-15(22(7-5-18)8-6-19)16(29(4,27)28)12-14(13)23(25)26/h11-12H,5-10H2,1-4H3. The second-order valence-electron chi connectivity index (χ2n) is 6.76. The van der Waals surface area contributed by atoms with E-state index in [2.05, 4.69) is 31.9 Å². The number of nitrogens with zero attached hydrogens (tertiary/aromatic N) is 4. The second-order valence-corrected chi connectivity index (χ2v) is 10.3. The lowest BCUT2D eigenvalue weighted by Crippen LogP contribution is -2.34. The number of amides is 1. The number of rotatable bonds is 11. The van der Waals surface area contributed by atoms with Crippen molar-refractivity contribution in [2.75, 3.05) is 69.1 Å². The Bertz CT molecular complexity index is 842. The molecule has 1 rings (SSSR count). The summed E-state index contributed by atoms with van der Waals surface area (Å²) in [5.74, 6) is -0.530. The van der Waals surface area contributed by atoms with Crippen molar-refractivity contribution in [3.8, 4) is 0 Å². The molecule has 0 atom stereocenters. The van der Waals surface area contributed by atoms with E-state index in [0.29, 0.717) is 36.8 Å². The van der Waals surface area contributed by atoms with Gasteiger partial charge in [0.1, 0.15) is 5.56 Å². The van der Waals surface area contributed by atoms with Crippen LogP contribution in [0.5, 0.6) is 0 Å². The Morgan fingerprint density at radius 3 is 2.03 bits per heavy atom. The maximum atomic E-state index is 13.0. The van der Waals surface area contributed by atoms with Crippen molar-refractivity contribution >= 4 is 59.0 Å². The molecule has 1 aromatic carbocycles. The fourth-order valence-electron chi connectivity index (χ4n) is 2.64. The van der Waals surface area contributed by atoms with E-state index >= 15 is 0 Å². The van der Waals surface area contributed by atoms with E-state index in [4.69, 9.17) is 0 Å². The van der Waals surface area contributed by atoms with Gasteiger partial charge in [-0.25, -0.2) is 8.42 Å². The predicted octanol–water partition coefficient (Wildman–Crippen LogP) is 2.23. The van der Waals surface area contributed by atoms with Crippen LogP contribution in [0.3, 0.4) is 0 Å². The summed E-state index contributed by atoms with van der Waals surface area (Å²) in [4.78, 5) is 28.8. The first-order chi connectivity index (χ1) is 13.4. The van der Waals surface area contributed by atoms with E-state index in [-0.39, 0.29) is 16.1 Å². The molecule has 1 aromatic rings. The maximum Gasteiger partial charge on any atom is 0.283 e. The lowest BCUT2D eigenvalue weighted by atomic mass is 10.1. The third-order valence-corrected chi connectivity index (χ3v) is 6.02. The number of nitro benzene ring substituents is 1. The summed E-state index contributed by atoms with van der Waals surface area (Å²) >= 11 is 6.68. The number of hydrogen-bond acceptors (Lipinski definition) is 7. The number of likely N-dealkylation sites (N-methyl/N-ethyl adjacent to an activating group) is 2. The zero-order valence-electron chi connectivity index (χ0n) is 16.9. The Balaban J connectivity index is 3.65. The van der Waals surface area contributed by atoms with Crippen molar-refractivity contribution in [1.29, 1.82) is 0 Å². The number of carbonyl (C=O) groups is 1. The molecule has 0 aromatic heterocycles. The number of carbonyl (C=O) groups excluding carboxylic acids is 1. The first-order valence-electron chi connectivity index (χ1n) is 8.73. The van der Waals surface area contributed by atoms with Gasteiger partial charge in [0.25, 0.3) is 11.6 Å². The molecule has 1 amide bonds. The number of hydrogen-bond donors (Lipinski definition) is 0. The lowest BCUT2D eigenvalue weighted by Gasteiger charge is -2.26. The minimum Gasteiger partial charge on any atom is -0.369 e. The molecule has 0 aliphatic heterocycles. The predicted molar refractivity (Wildman–Crippen MR) is 122 cm³/mol. The van der Waals surface area contributed by atoms with Gasteiger partial charge in [0, 0.05) is 56.2 Å². The van der Waals surface area contributed by atoms with Crippen LogP contribution < -0.4 is 4.90 Å². The molecule has 164 valence electrons. The summed E-state index contributed by atoms with van der Waals surface area (Å²) in [7, 11) is 1.52. The highest BCUT2D eigenvalue weighted by Crippen LogP contribution is 2.34. The zero-order valence-corrected chi connectivity index (χ0v) is 20.9. The summed E-state index contributed by atoms with van der Waals surface area (Å²) in [5.41, 5.74) is -0.373. The molecule has 29 heavy (non-hydrogen) atoms. The average molecular weight is 558 g/mol. The van der Waals surface area contributed by atoms with Gasteiger partial charge in [0.05, 0.1) is 15.5 Å². The fraction of sp³-hybridized carbons (Fsp3) is 0.588. The maximum absolute atomic E-state index is 13.0. The van der Waals surface area contributed by atoms with Crippen LogP contribution in [0.4, 0.5) is 11.4 Å². The van der Waals surface area contributed by atoms with E-state index in [1.165, 1.54) is 11.0 Å². The first kappa shape index (κ1) is 25.8. The number of sulfone groups is 1. The smallest absolute Gasteiger partial charge is 0.283 e. The topological polar surface area (TPSA) is 104 Å². The minimum atomic E-state index is -3.76. The van der Waals surface area contributed by atoms with Gasteiger partial charge < -0.3 is 14.7 Å². The largest absolute Gasteiger partial charge is 0.369 e. The normalized spacial score (nSPS) is 11.6. The third kappa shape index (κ3) is 7.19. The number of halogens is 2. The summed E-state index contributed by atoms with van der Waals surface area (Å²) in [6.45, 7) is 1.90. The molecule has 0 aliphatic carbocycles. The van der Waals surface area contributed by atoms with Crippen molar-refractivity contribution in [2.24, 2.45) is 0 Å². The second kappa shape index (κ2) is 11.2. The Morgan fingerprint density at radius 1 is 1.07 bits per heavy atom. The van der Waals surface area contributed by atoms with Crippen molar-refractivity contribution < 1.29 is 18.1 Å². The highest BCUT2D eigenvalue weighted by molar-refractivity contribution is 9.09. The SMILES string of the molecule is CN(C)CCN(C)C(=O)c1cc(N(CCBr)CCBr)c(S(C)(=O)=O)cc1[N+](=O)[O-]. The highest BCUT2D eigenvalue weighted by atomic mass is 79.9. The molecular weight excluding hydrogens is 532 g/mol. The average Bonchev–Trinajstić information content (AvgIpc) is 2.63. The van der Waals surface area contributed by atoms with Crippen molar-refractivity contribution in [2.45, 2.75) is 4.90 Å². The van der Waals surface area contributed by atoms with Crippen LogP contribution in [0.1, 0.15) is 10.4 Å². The molecule has 0 saturated heterocycles. The highest BCUT2D eigenvalue weighted by Gasteiger charge is 2.30. The van der Waals surface area contributed by atoms with Crippen LogP contribution in [-0.4, -0.2) is 93.3 Å². The molecule has 0 radical (unpaired) electrons. The van der Waals surface area contributed by atoms with Gasteiger partial charge in [-0.2, -0.15) is 0 Å². The molecule has 0 saturated carbocycles. The number of anilines is 1. The van der Waals surface area contributed by atoms with Crippen LogP contribution in [0.25, 0.3) is 0 Å². The number of nitro groups is 1. The van der Waals surface area contributed by atoms with Gasteiger partial charge in [-0.3, -0.25) is 14.9 Å². The molecule has 0 spiro atoms. The number of benzene rings is 1. The van der Waals surface area contributed by atoms with E-state index < -0.39 is 26.4 Å².